The highest BCUT2D eigenvalue weighted by molar-refractivity contribution is 5.73. The van der Waals surface area contributed by atoms with Crippen LogP contribution >= 0.6 is 0 Å². The van der Waals surface area contributed by atoms with Gasteiger partial charge in [-0.05, 0) is 37.0 Å². The fourth-order valence-corrected chi connectivity index (χ4v) is 2.23. The Hall–Kier alpha value is -1.75. The summed E-state index contributed by atoms with van der Waals surface area (Å²) >= 11 is 0. The zero-order chi connectivity index (χ0) is 16.0. The highest BCUT2D eigenvalue weighted by Crippen LogP contribution is 2.30. The topological polar surface area (TPSA) is 67.8 Å². The van der Waals surface area contributed by atoms with Crippen molar-refractivity contribution in [1.82, 2.24) is 5.32 Å². The Kier molecular flexibility index (Phi) is 6.49. The molecular formula is C16H25NO4. The largest absolute Gasteiger partial charge is 0.493 e. The normalized spacial score (nSPS) is 13.8. The number of carboxylic acids is 1. The predicted molar refractivity (Wildman–Crippen MR) is 82.0 cm³/mol. The number of hydrogen-bond donors (Lipinski definition) is 2. The molecule has 0 aliphatic rings. The molecule has 2 N–H and O–H groups in total. The van der Waals surface area contributed by atoms with Gasteiger partial charge in [-0.25, -0.2) is 0 Å². The predicted octanol–water partition coefficient (Wildman–Crippen LogP) is 2.85. The number of carboxylic acid groups (broad SMARTS) is 1. The Morgan fingerprint density at radius 1 is 1.19 bits per heavy atom. The molecule has 0 radical (unpaired) electrons. The van der Waals surface area contributed by atoms with Gasteiger partial charge in [0.25, 0.3) is 0 Å². The molecule has 0 fully saturated rings. The molecule has 1 rings (SSSR count). The number of methoxy groups -OCH3 is 2. The summed E-state index contributed by atoms with van der Waals surface area (Å²) in [6, 6.07) is 4.94. The van der Waals surface area contributed by atoms with Crippen LogP contribution in [0.2, 0.25) is 0 Å². The Morgan fingerprint density at radius 2 is 1.81 bits per heavy atom. The third kappa shape index (κ3) is 4.93. The number of aliphatic carboxylic acids is 1. The molecule has 0 aliphatic heterocycles. The smallest absolute Gasteiger partial charge is 0.320 e. The standard InChI is InChI=1S/C16H25NO4/c1-10(2)8-13(16(18)19)17-11(3)12-6-7-14(20-4)15(9-12)21-5/h6-7,9-11,13,17H,8H2,1-5H3,(H,18,19). The van der Waals surface area contributed by atoms with E-state index in [9.17, 15) is 9.90 Å². The summed E-state index contributed by atoms with van der Waals surface area (Å²) in [4.78, 5) is 11.3. The van der Waals surface area contributed by atoms with Crippen molar-refractivity contribution in [3.8, 4) is 11.5 Å². The number of nitrogens with one attached hydrogen (secondary N) is 1. The second kappa shape index (κ2) is 7.88. The van der Waals surface area contributed by atoms with Crippen LogP contribution < -0.4 is 14.8 Å². The number of rotatable bonds is 8. The van der Waals surface area contributed by atoms with Crippen molar-refractivity contribution in [1.29, 1.82) is 0 Å². The summed E-state index contributed by atoms with van der Waals surface area (Å²) in [7, 11) is 3.17. The second-order valence-corrected chi connectivity index (χ2v) is 5.52. The molecule has 5 heteroatoms. The Bertz CT molecular complexity index is 473. The van der Waals surface area contributed by atoms with Gasteiger partial charge in [0.1, 0.15) is 6.04 Å². The van der Waals surface area contributed by atoms with E-state index in [1.165, 1.54) is 0 Å². The summed E-state index contributed by atoms with van der Waals surface area (Å²) in [5.41, 5.74) is 0.961. The van der Waals surface area contributed by atoms with E-state index in [0.717, 1.165) is 5.56 Å². The lowest BCUT2D eigenvalue weighted by Crippen LogP contribution is -2.39. The third-order valence-corrected chi connectivity index (χ3v) is 3.36. The van der Waals surface area contributed by atoms with Crippen molar-refractivity contribution in [3.05, 3.63) is 23.8 Å². The minimum absolute atomic E-state index is 0.0929. The van der Waals surface area contributed by atoms with E-state index in [-0.39, 0.29) is 6.04 Å². The monoisotopic (exact) mass is 295 g/mol. The van der Waals surface area contributed by atoms with Crippen LogP contribution in [0.25, 0.3) is 0 Å². The highest BCUT2D eigenvalue weighted by atomic mass is 16.5. The molecule has 21 heavy (non-hydrogen) atoms. The van der Waals surface area contributed by atoms with Crippen LogP contribution in [0.1, 0.15) is 38.8 Å². The second-order valence-electron chi connectivity index (χ2n) is 5.52. The molecule has 0 saturated heterocycles. The quantitative estimate of drug-likeness (QED) is 0.772. The molecule has 0 amide bonds. The first-order valence-electron chi connectivity index (χ1n) is 7.09. The first kappa shape index (κ1) is 17.3. The number of hydrogen-bond acceptors (Lipinski definition) is 4. The minimum Gasteiger partial charge on any atom is -0.493 e. The molecule has 0 saturated carbocycles. The summed E-state index contributed by atoms with van der Waals surface area (Å²) in [6.07, 6.45) is 0.590. The van der Waals surface area contributed by atoms with Gasteiger partial charge in [0.15, 0.2) is 11.5 Å². The van der Waals surface area contributed by atoms with Crippen molar-refractivity contribution < 1.29 is 19.4 Å². The van der Waals surface area contributed by atoms with Gasteiger partial charge < -0.3 is 14.6 Å². The fourth-order valence-electron chi connectivity index (χ4n) is 2.23. The summed E-state index contributed by atoms with van der Waals surface area (Å²) in [6.45, 7) is 5.97. The van der Waals surface area contributed by atoms with Gasteiger partial charge in [0, 0.05) is 6.04 Å². The van der Waals surface area contributed by atoms with Gasteiger partial charge >= 0.3 is 5.97 Å². The van der Waals surface area contributed by atoms with Crippen LogP contribution in [0.15, 0.2) is 18.2 Å². The highest BCUT2D eigenvalue weighted by Gasteiger charge is 2.21. The van der Waals surface area contributed by atoms with Crippen LogP contribution in [-0.2, 0) is 4.79 Å². The number of carbonyl (C=O) groups is 1. The molecule has 2 atom stereocenters. The zero-order valence-electron chi connectivity index (χ0n) is 13.3. The molecule has 0 heterocycles. The molecule has 0 aliphatic carbocycles. The molecule has 1 aromatic rings. The lowest BCUT2D eigenvalue weighted by Gasteiger charge is -2.22. The van der Waals surface area contributed by atoms with E-state index in [1.54, 1.807) is 14.2 Å². The van der Waals surface area contributed by atoms with E-state index in [2.05, 4.69) is 5.32 Å². The lowest BCUT2D eigenvalue weighted by atomic mass is 10.0. The van der Waals surface area contributed by atoms with Crippen molar-refractivity contribution in [2.75, 3.05) is 14.2 Å². The van der Waals surface area contributed by atoms with Crippen LogP contribution in [-0.4, -0.2) is 31.3 Å². The number of benzene rings is 1. The average Bonchev–Trinajstić information content (AvgIpc) is 2.45. The van der Waals surface area contributed by atoms with E-state index >= 15 is 0 Å². The third-order valence-electron chi connectivity index (χ3n) is 3.36. The SMILES string of the molecule is COc1ccc(C(C)NC(CC(C)C)C(=O)O)cc1OC. The van der Waals surface area contributed by atoms with Gasteiger partial charge in [-0.3, -0.25) is 10.1 Å². The number of ether oxygens (including phenoxy) is 2. The van der Waals surface area contributed by atoms with Crippen molar-refractivity contribution in [2.24, 2.45) is 5.92 Å². The average molecular weight is 295 g/mol. The Balaban J connectivity index is 2.86. The lowest BCUT2D eigenvalue weighted by molar-refractivity contribution is -0.140. The maximum atomic E-state index is 11.3. The van der Waals surface area contributed by atoms with Gasteiger partial charge in [-0.15, -0.1) is 0 Å². The van der Waals surface area contributed by atoms with Gasteiger partial charge in [-0.2, -0.15) is 0 Å². The van der Waals surface area contributed by atoms with E-state index in [1.807, 2.05) is 39.0 Å². The summed E-state index contributed by atoms with van der Waals surface area (Å²) in [5.74, 6) is 0.789. The molecule has 2 unspecified atom stereocenters. The molecule has 118 valence electrons. The first-order valence-corrected chi connectivity index (χ1v) is 7.09. The van der Waals surface area contributed by atoms with Crippen molar-refractivity contribution in [2.45, 2.75) is 39.3 Å². The first-order chi connectivity index (χ1) is 9.88. The van der Waals surface area contributed by atoms with E-state index in [0.29, 0.717) is 23.8 Å². The molecule has 0 aromatic heterocycles. The van der Waals surface area contributed by atoms with Gasteiger partial charge in [0.05, 0.1) is 14.2 Å². The molecule has 0 spiro atoms. The van der Waals surface area contributed by atoms with Crippen molar-refractivity contribution >= 4 is 5.97 Å². The fraction of sp³-hybridized carbons (Fsp3) is 0.562. The maximum absolute atomic E-state index is 11.3. The molecular weight excluding hydrogens is 270 g/mol. The maximum Gasteiger partial charge on any atom is 0.320 e. The molecule has 1 aromatic carbocycles. The van der Waals surface area contributed by atoms with Crippen LogP contribution in [0.3, 0.4) is 0 Å². The molecule has 5 nitrogen and oxygen atoms in total. The minimum atomic E-state index is -0.823. The Morgan fingerprint density at radius 3 is 2.29 bits per heavy atom. The summed E-state index contributed by atoms with van der Waals surface area (Å²) in [5, 5.41) is 12.5. The van der Waals surface area contributed by atoms with Crippen LogP contribution in [0.5, 0.6) is 11.5 Å². The van der Waals surface area contributed by atoms with Crippen molar-refractivity contribution in [3.63, 3.8) is 0 Å². The van der Waals surface area contributed by atoms with Crippen LogP contribution in [0.4, 0.5) is 0 Å². The van der Waals surface area contributed by atoms with Crippen LogP contribution in [0, 0.1) is 5.92 Å². The molecule has 0 bridgehead atoms. The van der Waals surface area contributed by atoms with E-state index < -0.39 is 12.0 Å². The van der Waals surface area contributed by atoms with Gasteiger partial charge in [-0.1, -0.05) is 19.9 Å². The summed E-state index contributed by atoms with van der Waals surface area (Å²) < 4.78 is 10.5. The zero-order valence-corrected chi connectivity index (χ0v) is 13.3. The van der Waals surface area contributed by atoms with Gasteiger partial charge in [0.2, 0.25) is 0 Å². The Labute approximate surface area is 126 Å². The van der Waals surface area contributed by atoms with E-state index in [4.69, 9.17) is 9.47 Å².